The molecule has 0 aliphatic carbocycles. The van der Waals surface area contributed by atoms with Crippen LogP contribution in [0, 0.1) is 0 Å². The molecule has 1 aliphatic rings. The summed E-state index contributed by atoms with van der Waals surface area (Å²) in [6.45, 7) is 3.34. The molecule has 1 heterocycles. The van der Waals surface area contributed by atoms with Crippen LogP contribution in [0.15, 0.2) is 81.6 Å². The van der Waals surface area contributed by atoms with Crippen molar-refractivity contribution >= 4 is 27.4 Å². The summed E-state index contributed by atoms with van der Waals surface area (Å²) in [6, 6.07) is 14.4. The summed E-state index contributed by atoms with van der Waals surface area (Å²) in [5, 5.41) is 0.476. The van der Waals surface area contributed by atoms with Crippen LogP contribution in [0.4, 0.5) is 0 Å². The maximum atomic E-state index is 13.5. The topological polar surface area (TPSA) is 95.7 Å². The molecule has 2 aromatic rings. The molecule has 0 radical (unpaired) electrons. The molecule has 0 fully saturated rings. The first-order valence-electron chi connectivity index (χ1n) is 8.88. The monoisotopic (exact) mass is 433 g/mol. The van der Waals surface area contributed by atoms with Gasteiger partial charge in [0.05, 0.1) is 23.0 Å². The highest BCUT2D eigenvalue weighted by Gasteiger charge is 2.42. The van der Waals surface area contributed by atoms with Crippen LogP contribution in [0.25, 0.3) is 0 Å². The Morgan fingerprint density at radius 1 is 1.14 bits per heavy atom. The second-order valence-corrected chi connectivity index (χ2v) is 8.68. The van der Waals surface area contributed by atoms with E-state index in [4.69, 9.17) is 26.8 Å². The van der Waals surface area contributed by atoms with Crippen molar-refractivity contribution < 1.29 is 22.7 Å². The molecule has 0 aromatic heterocycles. The number of halogens is 1. The van der Waals surface area contributed by atoms with Crippen LogP contribution in [-0.2, 0) is 24.1 Å². The maximum absolute atomic E-state index is 13.5. The number of carbonyl (C=O) groups excluding carboxylic acids is 1. The second-order valence-electron chi connectivity index (χ2n) is 6.32. The predicted molar refractivity (Wildman–Crippen MR) is 109 cm³/mol. The predicted octanol–water partition coefficient (Wildman–Crippen LogP) is 3.89. The number of allylic oxidation sites excluding steroid dienone is 2. The van der Waals surface area contributed by atoms with Crippen molar-refractivity contribution in [3.8, 4) is 0 Å². The average molecular weight is 434 g/mol. The molecule has 152 valence electrons. The third kappa shape index (κ3) is 4.02. The first kappa shape index (κ1) is 21.0. The normalized spacial score (nSPS) is 17.1. The van der Waals surface area contributed by atoms with Gasteiger partial charge in [0, 0.05) is 5.02 Å². The molecule has 1 aliphatic heterocycles. The number of ether oxygens (including phenoxy) is 2. The van der Waals surface area contributed by atoms with Gasteiger partial charge < -0.3 is 15.2 Å². The number of rotatable bonds is 5. The molecule has 6 nitrogen and oxygen atoms in total. The molecule has 1 atom stereocenters. The molecule has 2 N–H and O–H groups in total. The van der Waals surface area contributed by atoms with Crippen LogP contribution in [0.3, 0.4) is 0 Å². The van der Waals surface area contributed by atoms with Gasteiger partial charge in [-0.25, -0.2) is 13.2 Å². The zero-order valence-corrected chi connectivity index (χ0v) is 17.5. The lowest BCUT2D eigenvalue weighted by atomic mass is 9.88. The Labute approximate surface area is 174 Å². The van der Waals surface area contributed by atoms with Crippen molar-refractivity contribution in [1.29, 1.82) is 0 Å². The molecule has 2 aromatic carbocycles. The van der Waals surface area contributed by atoms with E-state index in [0.717, 1.165) is 0 Å². The van der Waals surface area contributed by atoms with Gasteiger partial charge in [-0.05, 0) is 43.7 Å². The first-order chi connectivity index (χ1) is 13.8. The highest BCUT2D eigenvalue weighted by molar-refractivity contribution is 7.95. The summed E-state index contributed by atoms with van der Waals surface area (Å²) in [5.41, 5.74) is 6.66. The molecular formula is C21H20ClNO5S. The number of hydrogen-bond acceptors (Lipinski definition) is 6. The third-order valence-corrected chi connectivity index (χ3v) is 6.64. The minimum atomic E-state index is -4.07. The zero-order chi connectivity index (χ0) is 21.2. The highest BCUT2D eigenvalue weighted by atomic mass is 35.5. The molecule has 0 bridgehead atoms. The number of carbonyl (C=O) groups is 1. The smallest absolute Gasteiger partial charge is 0.338 e. The summed E-state index contributed by atoms with van der Waals surface area (Å²) in [5.74, 6) is -1.75. The average Bonchev–Trinajstić information content (AvgIpc) is 2.68. The molecule has 0 saturated carbocycles. The van der Waals surface area contributed by atoms with Crippen LogP contribution in [-0.4, -0.2) is 21.0 Å². The maximum Gasteiger partial charge on any atom is 0.338 e. The van der Waals surface area contributed by atoms with E-state index >= 15 is 0 Å². The fraction of sp³-hybridized carbons (Fsp3) is 0.190. The van der Waals surface area contributed by atoms with E-state index < -0.39 is 21.7 Å². The van der Waals surface area contributed by atoms with Crippen molar-refractivity contribution in [3.05, 3.63) is 87.3 Å². The lowest BCUT2D eigenvalue weighted by Gasteiger charge is -2.29. The van der Waals surface area contributed by atoms with Crippen LogP contribution in [0.5, 0.6) is 0 Å². The number of benzene rings is 2. The second kappa shape index (κ2) is 8.31. The third-order valence-electron chi connectivity index (χ3n) is 4.48. The lowest BCUT2D eigenvalue weighted by Crippen LogP contribution is -2.29. The van der Waals surface area contributed by atoms with Gasteiger partial charge in [-0.2, -0.15) is 0 Å². The van der Waals surface area contributed by atoms with Gasteiger partial charge in [0.2, 0.25) is 15.7 Å². The molecule has 0 amide bonds. The number of esters is 1. The van der Waals surface area contributed by atoms with E-state index in [1.165, 1.54) is 12.1 Å². The van der Waals surface area contributed by atoms with Crippen LogP contribution in [0.1, 0.15) is 25.3 Å². The van der Waals surface area contributed by atoms with Gasteiger partial charge in [0.1, 0.15) is 10.7 Å². The first-order valence-corrected chi connectivity index (χ1v) is 10.7. The van der Waals surface area contributed by atoms with Gasteiger partial charge in [-0.3, -0.25) is 0 Å². The van der Waals surface area contributed by atoms with Crippen LogP contribution >= 0.6 is 11.6 Å². The number of sulfone groups is 1. The summed E-state index contributed by atoms with van der Waals surface area (Å²) in [4.78, 5) is 12.6. The fourth-order valence-electron chi connectivity index (χ4n) is 3.20. The highest BCUT2D eigenvalue weighted by Crippen LogP contribution is 2.44. The molecule has 3 rings (SSSR count). The van der Waals surface area contributed by atoms with Crippen molar-refractivity contribution in [1.82, 2.24) is 0 Å². The minimum absolute atomic E-state index is 0.0447. The summed E-state index contributed by atoms with van der Waals surface area (Å²) >= 11 is 6.00. The van der Waals surface area contributed by atoms with Gasteiger partial charge in [0.25, 0.3) is 0 Å². The summed E-state index contributed by atoms with van der Waals surface area (Å²) < 4.78 is 37.6. The fourth-order valence-corrected chi connectivity index (χ4v) is 4.97. The molecular weight excluding hydrogens is 414 g/mol. The Morgan fingerprint density at radius 2 is 1.76 bits per heavy atom. The Balaban J connectivity index is 2.26. The summed E-state index contributed by atoms with van der Waals surface area (Å²) in [7, 11) is -4.07. The van der Waals surface area contributed by atoms with Gasteiger partial charge >= 0.3 is 5.97 Å². The Morgan fingerprint density at radius 3 is 2.34 bits per heavy atom. The quantitative estimate of drug-likeness (QED) is 0.718. The summed E-state index contributed by atoms with van der Waals surface area (Å²) in [6.07, 6.45) is 0. The van der Waals surface area contributed by atoms with Crippen molar-refractivity contribution in [2.45, 2.75) is 24.7 Å². The lowest BCUT2D eigenvalue weighted by molar-refractivity contribution is -0.139. The van der Waals surface area contributed by atoms with Crippen LogP contribution < -0.4 is 5.73 Å². The van der Waals surface area contributed by atoms with Crippen molar-refractivity contribution in [3.63, 3.8) is 0 Å². The van der Waals surface area contributed by atoms with Crippen molar-refractivity contribution in [2.75, 3.05) is 6.61 Å². The van der Waals surface area contributed by atoms with E-state index in [0.29, 0.717) is 10.6 Å². The Kier molecular flexibility index (Phi) is 6.00. The zero-order valence-electron chi connectivity index (χ0n) is 15.9. The molecule has 0 saturated heterocycles. The largest absolute Gasteiger partial charge is 0.463 e. The van der Waals surface area contributed by atoms with E-state index in [1.54, 1.807) is 56.3 Å². The number of nitrogens with two attached hydrogens (primary N) is 1. The van der Waals surface area contributed by atoms with Gasteiger partial charge in [-0.15, -0.1) is 0 Å². The van der Waals surface area contributed by atoms with Gasteiger partial charge in [0.15, 0.2) is 0 Å². The van der Waals surface area contributed by atoms with Crippen molar-refractivity contribution in [2.24, 2.45) is 5.73 Å². The van der Waals surface area contributed by atoms with Gasteiger partial charge in [-0.1, -0.05) is 41.9 Å². The number of hydrogen-bond donors (Lipinski definition) is 1. The van der Waals surface area contributed by atoms with E-state index in [1.807, 2.05) is 0 Å². The standard InChI is InChI=1S/C21H20ClNO5S/c1-3-27-21(24)17-13(2)28-20(23)19(18(17)14-9-11-15(22)12-10-14)29(25,26)16-7-5-4-6-8-16/h4-12,18H,3,23H2,1-2H3/t18-/m1/s1. The Hall–Kier alpha value is -2.77. The van der Waals surface area contributed by atoms with Crippen LogP contribution in [0.2, 0.25) is 5.02 Å². The molecule has 0 spiro atoms. The molecule has 29 heavy (non-hydrogen) atoms. The van der Waals surface area contributed by atoms with E-state index in [-0.39, 0.29) is 33.6 Å². The molecule has 8 heteroatoms. The van der Waals surface area contributed by atoms with E-state index in [9.17, 15) is 13.2 Å². The SMILES string of the molecule is CCOC(=O)C1=C(C)OC(N)=C(S(=O)(=O)c2ccccc2)[C@@H]1c1ccc(Cl)cc1. The Bertz CT molecular complexity index is 1090. The minimum Gasteiger partial charge on any atom is -0.463 e. The van der Waals surface area contributed by atoms with E-state index in [2.05, 4.69) is 0 Å². The molecule has 0 unspecified atom stereocenters.